The van der Waals surface area contributed by atoms with Crippen molar-refractivity contribution in [2.45, 2.75) is 45.3 Å². The van der Waals surface area contributed by atoms with Crippen LogP contribution in [0.2, 0.25) is 5.02 Å². The number of amides is 2. The number of fused-ring (bicyclic) bond motifs is 1. The molecule has 0 aliphatic carbocycles. The van der Waals surface area contributed by atoms with Gasteiger partial charge in [-0.25, -0.2) is 9.59 Å². The van der Waals surface area contributed by atoms with E-state index in [1.165, 1.54) is 0 Å². The molecular formula is C18H23ClN2O4. The van der Waals surface area contributed by atoms with Gasteiger partial charge in [-0.2, -0.15) is 0 Å². The minimum absolute atomic E-state index is 0.141. The molecule has 0 saturated carbocycles. The molecule has 1 atom stereocenters. The third-order valence-electron chi connectivity index (χ3n) is 4.41. The van der Waals surface area contributed by atoms with Crippen LogP contribution in [-0.2, 0) is 9.47 Å². The molecule has 1 saturated heterocycles. The van der Waals surface area contributed by atoms with Crippen LogP contribution in [0.5, 0.6) is 0 Å². The highest BCUT2D eigenvalue weighted by molar-refractivity contribution is 6.30. The van der Waals surface area contributed by atoms with Gasteiger partial charge in [-0.3, -0.25) is 5.32 Å². The van der Waals surface area contributed by atoms with Crippen LogP contribution in [0.1, 0.15) is 45.3 Å². The van der Waals surface area contributed by atoms with E-state index in [0.717, 1.165) is 24.1 Å². The lowest BCUT2D eigenvalue weighted by Crippen LogP contribution is -2.43. The number of piperidine rings is 1. The average molecular weight is 367 g/mol. The van der Waals surface area contributed by atoms with Gasteiger partial charge >= 0.3 is 12.2 Å². The van der Waals surface area contributed by atoms with Crippen molar-refractivity contribution >= 4 is 29.5 Å². The number of likely N-dealkylation sites (tertiary alicyclic amines) is 1. The number of carbonyl (C=O) groups is 2. The summed E-state index contributed by atoms with van der Waals surface area (Å²) in [5.74, 6) is 0.141. The number of halogens is 1. The summed E-state index contributed by atoms with van der Waals surface area (Å²) >= 11 is 6.11. The number of nitrogens with one attached hydrogen (secondary N) is 1. The number of cyclic esters (lactones) is 1. The van der Waals surface area contributed by atoms with E-state index >= 15 is 0 Å². The van der Waals surface area contributed by atoms with Gasteiger partial charge < -0.3 is 14.4 Å². The summed E-state index contributed by atoms with van der Waals surface area (Å²) in [5, 5.41) is 3.31. The Morgan fingerprint density at radius 3 is 2.64 bits per heavy atom. The molecule has 0 aromatic heterocycles. The largest absolute Gasteiger partial charge is 0.444 e. The maximum atomic E-state index is 12.2. The van der Waals surface area contributed by atoms with Crippen LogP contribution in [0.4, 0.5) is 15.3 Å². The van der Waals surface area contributed by atoms with Crippen LogP contribution in [0.15, 0.2) is 18.2 Å². The average Bonchev–Trinajstić information content (AvgIpc) is 2.53. The number of benzene rings is 1. The molecule has 1 unspecified atom stereocenters. The predicted octanol–water partition coefficient (Wildman–Crippen LogP) is 4.59. The van der Waals surface area contributed by atoms with Gasteiger partial charge in [0.05, 0.1) is 5.69 Å². The predicted molar refractivity (Wildman–Crippen MR) is 94.8 cm³/mol. The first kappa shape index (κ1) is 17.9. The monoisotopic (exact) mass is 366 g/mol. The van der Waals surface area contributed by atoms with Gasteiger partial charge in [-0.15, -0.1) is 0 Å². The van der Waals surface area contributed by atoms with E-state index in [1.54, 1.807) is 17.0 Å². The van der Waals surface area contributed by atoms with Crippen molar-refractivity contribution in [2.75, 3.05) is 18.4 Å². The van der Waals surface area contributed by atoms with Crippen molar-refractivity contribution < 1.29 is 19.1 Å². The maximum absolute atomic E-state index is 12.2. The van der Waals surface area contributed by atoms with E-state index in [4.69, 9.17) is 21.1 Å². The van der Waals surface area contributed by atoms with E-state index in [0.29, 0.717) is 18.1 Å². The molecule has 136 valence electrons. The number of hydrogen-bond acceptors (Lipinski definition) is 4. The molecule has 7 heteroatoms. The standard InChI is InChI=1S/C18H23ClN2O4/c1-18(2,3)25-17(23)21-8-6-11(7-9-21)15-13-10-12(19)4-5-14(13)20-16(22)24-15/h4-5,10-11,15H,6-9H2,1-3H3,(H,20,22). The first-order chi connectivity index (χ1) is 11.7. The molecule has 0 bridgehead atoms. The number of carbonyl (C=O) groups excluding carboxylic acids is 2. The second-order valence-electron chi connectivity index (χ2n) is 7.49. The molecule has 1 aromatic rings. The first-order valence-electron chi connectivity index (χ1n) is 8.48. The molecule has 2 aliphatic heterocycles. The Bertz CT molecular complexity index is 678. The lowest BCUT2D eigenvalue weighted by Gasteiger charge is -2.38. The lowest BCUT2D eigenvalue weighted by atomic mass is 9.86. The highest BCUT2D eigenvalue weighted by Gasteiger charge is 2.36. The summed E-state index contributed by atoms with van der Waals surface area (Å²) in [4.78, 5) is 25.7. The summed E-state index contributed by atoms with van der Waals surface area (Å²) < 4.78 is 11.0. The van der Waals surface area contributed by atoms with Gasteiger partial charge in [0.2, 0.25) is 0 Å². The van der Waals surface area contributed by atoms with Crippen molar-refractivity contribution in [3.63, 3.8) is 0 Å². The fraction of sp³-hybridized carbons (Fsp3) is 0.556. The molecule has 1 N–H and O–H groups in total. The van der Waals surface area contributed by atoms with E-state index in [-0.39, 0.29) is 18.1 Å². The number of hydrogen-bond donors (Lipinski definition) is 1. The topological polar surface area (TPSA) is 67.9 Å². The normalized spacial score (nSPS) is 21.2. The molecule has 25 heavy (non-hydrogen) atoms. The Morgan fingerprint density at radius 2 is 2.00 bits per heavy atom. The van der Waals surface area contributed by atoms with Crippen molar-refractivity contribution in [1.29, 1.82) is 0 Å². The number of rotatable bonds is 1. The molecule has 6 nitrogen and oxygen atoms in total. The van der Waals surface area contributed by atoms with E-state index in [2.05, 4.69) is 5.32 Å². The summed E-state index contributed by atoms with van der Waals surface area (Å²) in [6.07, 6.45) is 0.390. The Balaban J connectivity index is 1.68. The van der Waals surface area contributed by atoms with Crippen molar-refractivity contribution in [2.24, 2.45) is 5.92 Å². The molecule has 2 heterocycles. The molecule has 1 aromatic carbocycles. The highest BCUT2D eigenvalue weighted by atomic mass is 35.5. The van der Waals surface area contributed by atoms with Crippen LogP contribution in [-0.4, -0.2) is 35.8 Å². The van der Waals surface area contributed by atoms with E-state index in [1.807, 2.05) is 26.8 Å². The third kappa shape index (κ3) is 4.18. The lowest BCUT2D eigenvalue weighted by molar-refractivity contribution is 0.00402. The van der Waals surface area contributed by atoms with Gasteiger partial charge in [0, 0.05) is 29.6 Å². The fourth-order valence-corrected chi connectivity index (χ4v) is 3.44. The Labute approximate surface area is 152 Å². The molecule has 3 rings (SSSR count). The number of nitrogens with zero attached hydrogens (tertiary/aromatic N) is 1. The van der Waals surface area contributed by atoms with Crippen LogP contribution in [0.3, 0.4) is 0 Å². The smallest absolute Gasteiger partial charge is 0.412 e. The Kier molecular flexibility index (Phi) is 4.82. The molecule has 0 spiro atoms. The van der Waals surface area contributed by atoms with Crippen molar-refractivity contribution in [1.82, 2.24) is 4.90 Å². The molecule has 2 aliphatic rings. The van der Waals surface area contributed by atoms with E-state index in [9.17, 15) is 9.59 Å². The van der Waals surface area contributed by atoms with Crippen LogP contribution >= 0.6 is 11.6 Å². The van der Waals surface area contributed by atoms with Gasteiger partial charge in [-0.1, -0.05) is 11.6 Å². The SMILES string of the molecule is CC(C)(C)OC(=O)N1CCC(C2OC(=O)Nc3ccc(Cl)cc32)CC1. The zero-order valence-electron chi connectivity index (χ0n) is 14.7. The van der Waals surface area contributed by atoms with Gasteiger partial charge in [0.15, 0.2) is 0 Å². The summed E-state index contributed by atoms with van der Waals surface area (Å²) in [6, 6.07) is 5.37. The van der Waals surface area contributed by atoms with E-state index < -0.39 is 11.7 Å². The minimum Gasteiger partial charge on any atom is -0.444 e. The summed E-state index contributed by atoms with van der Waals surface area (Å²) in [5.41, 5.74) is 1.12. The summed E-state index contributed by atoms with van der Waals surface area (Å²) in [7, 11) is 0. The second-order valence-corrected chi connectivity index (χ2v) is 7.92. The molecule has 1 fully saturated rings. The van der Waals surface area contributed by atoms with Crippen LogP contribution in [0.25, 0.3) is 0 Å². The minimum atomic E-state index is -0.506. The second kappa shape index (κ2) is 6.75. The summed E-state index contributed by atoms with van der Waals surface area (Å²) in [6.45, 7) is 6.72. The van der Waals surface area contributed by atoms with Crippen LogP contribution in [0, 0.1) is 5.92 Å². The Hall–Kier alpha value is -1.95. The number of ether oxygens (including phenoxy) is 2. The first-order valence-corrected chi connectivity index (χ1v) is 8.86. The number of anilines is 1. The quantitative estimate of drug-likeness (QED) is 0.789. The van der Waals surface area contributed by atoms with Crippen molar-refractivity contribution in [3.05, 3.63) is 28.8 Å². The molecular weight excluding hydrogens is 344 g/mol. The fourth-order valence-electron chi connectivity index (χ4n) is 3.26. The zero-order chi connectivity index (χ0) is 18.2. The Morgan fingerprint density at radius 1 is 1.32 bits per heavy atom. The maximum Gasteiger partial charge on any atom is 0.412 e. The third-order valence-corrected chi connectivity index (χ3v) is 4.65. The van der Waals surface area contributed by atoms with Crippen LogP contribution < -0.4 is 5.32 Å². The molecule has 0 radical (unpaired) electrons. The zero-order valence-corrected chi connectivity index (χ0v) is 15.4. The van der Waals surface area contributed by atoms with Gasteiger partial charge in [0.1, 0.15) is 11.7 Å². The highest BCUT2D eigenvalue weighted by Crippen LogP contribution is 2.41. The molecule has 2 amide bonds. The van der Waals surface area contributed by atoms with Crippen molar-refractivity contribution in [3.8, 4) is 0 Å². The van der Waals surface area contributed by atoms with Gasteiger partial charge in [0.25, 0.3) is 0 Å². The van der Waals surface area contributed by atoms with Gasteiger partial charge in [-0.05, 0) is 51.8 Å².